The smallest absolute Gasteiger partial charge is 0.122 e. The summed E-state index contributed by atoms with van der Waals surface area (Å²) in [5.74, 6) is 2.45. The van der Waals surface area contributed by atoms with Crippen molar-refractivity contribution in [2.24, 2.45) is 5.92 Å². The maximum absolute atomic E-state index is 5.82. The fraction of sp³-hybridized carbons (Fsp3) is 0.600. The normalized spacial score (nSPS) is 14.3. The summed E-state index contributed by atoms with van der Waals surface area (Å²) in [6.07, 6.45) is 2.70. The van der Waals surface area contributed by atoms with E-state index in [0.29, 0.717) is 5.92 Å². The lowest BCUT2D eigenvalue weighted by Gasteiger charge is -2.13. The molecule has 0 saturated heterocycles. The van der Waals surface area contributed by atoms with Gasteiger partial charge in [-0.05, 0) is 36.3 Å². The van der Waals surface area contributed by atoms with Gasteiger partial charge in [-0.25, -0.2) is 0 Å². The number of rotatable bonds is 4. The molecule has 1 heteroatoms. The van der Waals surface area contributed by atoms with E-state index in [0.717, 1.165) is 18.3 Å². The highest BCUT2D eigenvalue weighted by Crippen LogP contribution is 2.31. The van der Waals surface area contributed by atoms with Crippen molar-refractivity contribution in [3.8, 4) is 5.75 Å². The van der Waals surface area contributed by atoms with Gasteiger partial charge in [-0.1, -0.05) is 45.9 Å². The molecule has 90 valence electrons. The summed E-state index contributed by atoms with van der Waals surface area (Å²) in [5, 5.41) is 0. The number of hydrogen-bond donors (Lipinski definition) is 0. The predicted octanol–water partition coefficient (Wildman–Crippen LogP) is 4.63. The fourth-order valence-corrected chi connectivity index (χ4v) is 1.58. The molecule has 0 unspecified atom stereocenters. The first-order chi connectivity index (χ1) is 7.77. The van der Waals surface area contributed by atoms with E-state index in [9.17, 15) is 0 Å². The molecule has 0 atom stereocenters. The third kappa shape index (κ3) is 3.88. The van der Waals surface area contributed by atoms with Crippen LogP contribution in [0.2, 0.25) is 0 Å². The van der Waals surface area contributed by atoms with Crippen LogP contribution in [0.1, 0.15) is 52.0 Å². The molecule has 1 aliphatic carbocycles. The average Bonchev–Trinajstić information content (AvgIpc) is 3.13. The molecule has 0 heterocycles. The fourth-order valence-electron chi connectivity index (χ4n) is 1.58. The second-order valence-electron chi connectivity index (χ2n) is 4.45. The zero-order chi connectivity index (χ0) is 12.0. The van der Waals surface area contributed by atoms with Gasteiger partial charge in [0, 0.05) is 0 Å². The molecule has 1 fully saturated rings. The summed E-state index contributed by atoms with van der Waals surface area (Å²) in [6.45, 7) is 9.32. The molecular formula is C15H24O. The number of para-hydroxylation sites is 1. The largest absolute Gasteiger partial charge is 0.493 e. The van der Waals surface area contributed by atoms with E-state index in [-0.39, 0.29) is 0 Å². The lowest BCUT2D eigenvalue weighted by atomic mass is 10.0. The van der Waals surface area contributed by atoms with Crippen LogP contribution in [0.15, 0.2) is 24.3 Å². The van der Waals surface area contributed by atoms with E-state index >= 15 is 0 Å². The van der Waals surface area contributed by atoms with Gasteiger partial charge in [-0.2, -0.15) is 0 Å². The second-order valence-corrected chi connectivity index (χ2v) is 4.45. The van der Waals surface area contributed by atoms with Gasteiger partial charge < -0.3 is 4.74 Å². The van der Waals surface area contributed by atoms with Crippen molar-refractivity contribution >= 4 is 0 Å². The highest BCUT2D eigenvalue weighted by molar-refractivity contribution is 5.35. The van der Waals surface area contributed by atoms with E-state index in [1.165, 1.54) is 18.4 Å². The number of benzene rings is 1. The summed E-state index contributed by atoms with van der Waals surface area (Å²) < 4.78 is 5.82. The Kier molecular flexibility index (Phi) is 5.37. The zero-order valence-electron chi connectivity index (χ0n) is 11.0. The lowest BCUT2D eigenvalue weighted by Crippen LogP contribution is -2.02. The highest BCUT2D eigenvalue weighted by atomic mass is 16.5. The van der Waals surface area contributed by atoms with Gasteiger partial charge in [0.15, 0.2) is 0 Å². The molecule has 0 radical (unpaired) electrons. The molecule has 2 rings (SSSR count). The standard InChI is InChI=1S/C13H18O.C2H6/c1-10(2)12-5-3-4-6-13(12)14-9-11-7-8-11;1-2/h3-6,10-11H,7-9H2,1-2H3;1-2H3. The molecule has 1 aromatic rings. The lowest BCUT2D eigenvalue weighted by molar-refractivity contribution is 0.296. The molecular weight excluding hydrogens is 196 g/mol. The van der Waals surface area contributed by atoms with E-state index in [1.807, 2.05) is 19.9 Å². The highest BCUT2D eigenvalue weighted by Gasteiger charge is 2.22. The molecule has 0 bridgehead atoms. The van der Waals surface area contributed by atoms with Crippen LogP contribution in [-0.2, 0) is 0 Å². The summed E-state index contributed by atoms with van der Waals surface area (Å²) in [7, 11) is 0. The average molecular weight is 220 g/mol. The van der Waals surface area contributed by atoms with Crippen molar-refractivity contribution in [3.05, 3.63) is 29.8 Å². The van der Waals surface area contributed by atoms with Crippen LogP contribution in [-0.4, -0.2) is 6.61 Å². The van der Waals surface area contributed by atoms with Crippen LogP contribution < -0.4 is 4.74 Å². The molecule has 1 aliphatic rings. The Morgan fingerprint density at radius 3 is 2.38 bits per heavy atom. The molecule has 0 spiro atoms. The molecule has 0 amide bonds. The van der Waals surface area contributed by atoms with Crippen molar-refractivity contribution in [1.82, 2.24) is 0 Å². The minimum Gasteiger partial charge on any atom is -0.493 e. The molecule has 0 aromatic heterocycles. The van der Waals surface area contributed by atoms with Crippen LogP contribution in [0.4, 0.5) is 0 Å². The Morgan fingerprint density at radius 2 is 1.81 bits per heavy atom. The topological polar surface area (TPSA) is 9.23 Å². The van der Waals surface area contributed by atoms with Crippen LogP contribution in [0.25, 0.3) is 0 Å². The number of ether oxygens (including phenoxy) is 1. The third-order valence-electron chi connectivity index (χ3n) is 2.71. The van der Waals surface area contributed by atoms with Crippen LogP contribution in [0, 0.1) is 5.92 Å². The van der Waals surface area contributed by atoms with E-state index in [4.69, 9.17) is 4.74 Å². The second kappa shape index (κ2) is 6.57. The predicted molar refractivity (Wildman–Crippen MR) is 70.1 cm³/mol. The minimum absolute atomic E-state index is 0.547. The van der Waals surface area contributed by atoms with Gasteiger partial charge in [-0.15, -0.1) is 0 Å². The van der Waals surface area contributed by atoms with Crippen molar-refractivity contribution in [3.63, 3.8) is 0 Å². The molecule has 1 nitrogen and oxygen atoms in total. The Balaban J connectivity index is 0.000000606. The number of hydrogen-bond acceptors (Lipinski definition) is 1. The van der Waals surface area contributed by atoms with Crippen LogP contribution in [0.3, 0.4) is 0 Å². The summed E-state index contributed by atoms with van der Waals surface area (Å²) in [6, 6.07) is 8.37. The van der Waals surface area contributed by atoms with Crippen LogP contribution >= 0.6 is 0 Å². The first kappa shape index (κ1) is 13.1. The van der Waals surface area contributed by atoms with Crippen molar-refractivity contribution in [1.29, 1.82) is 0 Å². The van der Waals surface area contributed by atoms with Gasteiger partial charge in [0.1, 0.15) is 5.75 Å². The Hall–Kier alpha value is -0.980. The van der Waals surface area contributed by atoms with Gasteiger partial charge in [0.05, 0.1) is 6.61 Å². The third-order valence-corrected chi connectivity index (χ3v) is 2.71. The minimum atomic E-state index is 0.547. The van der Waals surface area contributed by atoms with E-state index in [2.05, 4.69) is 32.0 Å². The van der Waals surface area contributed by atoms with Gasteiger partial charge in [0.2, 0.25) is 0 Å². The first-order valence-corrected chi connectivity index (χ1v) is 6.49. The summed E-state index contributed by atoms with van der Waals surface area (Å²) >= 11 is 0. The van der Waals surface area contributed by atoms with Crippen molar-refractivity contribution in [2.45, 2.75) is 46.5 Å². The molecule has 0 N–H and O–H groups in total. The van der Waals surface area contributed by atoms with E-state index in [1.54, 1.807) is 0 Å². The SMILES string of the molecule is CC.CC(C)c1ccccc1OCC1CC1. The van der Waals surface area contributed by atoms with Crippen molar-refractivity contribution < 1.29 is 4.74 Å². The maximum Gasteiger partial charge on any atom is 0.122 e. The van der Waals surface area contributed by atoms with Gasteiger partial charge >= 0.3 is 0 Å². The Bertz CT molecular complexity index is 300. The Morgan fingerprint density at radius 1 is 1.19 bits per heavy atom. The molecule has 0 aliphatic heterocycles. The first-order valence-electron chi connectivity index (χ1n) is 6.49. The summed E-state index contributed by atoms with van der Waals surface area (Å²) in [5.41, 5.74) is 1.33. The Labute approximate surface area is 99.8 Å². The molecule has 1 saturated carbocycles. The molecule has 16 heavy (non-hydrogen) atoms. The van der Waals surface area contributed by atoms with Crippen molar-refractivity contribution in [2.75, 3.05) is 6.61 Å². The zero-order valence-corrected chi connectivity index (χ0v) is 11.0. The monoisotopic (exact) mass is 220 g/mol. The van der Waals surface area contributed by atoms with E-state index < -0.39 is 0 Å². The maximum atomic E-state index is 5.82. The van der Waals surface area contributed by atoms with Crippen LogP contribution in [0.5, 0.6) is 5.75 Å². The molecule has 1 aromatic carbocycles. The quantitative estimate of drug-likeness (QED) is 0.719. The van der Waals surface area contributed by atoms with Gasteiger partial charge in [0.25, 0.3) is 0 Å². The summed E-state index contributed by atoms with van der Waals surface area (Å²) in [4.78, 5) is 0. The van der Waals surface area contributed by atoms with Gasteiger partial charge in [-0.3, -0.25) is 0 Å².